The van der Waals surface area contributed by atoms with E-state index >= 15 is 0 Å². The van der Waals surface area contributed by atoms with E-state index in [0.717, 1.165) is 45.0 Å². The van der Waals surface area contributed by atoms with Crippen LogP contribution in [0.5, 0.6) is 0 Å². The van der Waals surface area contributed by atoms with E-state index in [1.54, 1.807) is 12.4 Å². The predicted octanol–water partition coefficient (Wildman–Crippen LogP) is 8.39. The molecule has 0 aliphatic heterocycles. The summed E-state index contributed by atoms with van der Waals surface area (Å²) in [6.07, 6.45) is 7.17. The zero-order chi connectivity index (χ0) is 31.9. The van der Waals surface area contributed by atoms with Crippen LogP contribution in [0, 0.1) is 23.7 Å². The molecule has 0 amide bonds. The second kappa shape index (κ2) is 11.6. The number of hydrogen-bond donors (Lipinski definition) is 0. The van der Waals surface area contributed by atoms with Crippen molar-refractivity contribution < 1.29 is 0 Å². The summed E-state index contributed by atoms with van der Waals surface area (Å²) in [6, 6.07) is 41.8. The van der Waals surface area contributed by atoms with E-state index in [9.17, 15) is 0 Å². The summed E-state index contributed by atoms with van der Waals surface area (Å²) in [5.74, 6) is 14.0. The fraction of sp³-hybridized carbons (Fsp3) is 0.0455. The van der Waals surface area contributed by atoms with Crippen molar-refractivity contribution in [2.24, 2.45) is 0 Å². The monoisotopic (exact) mass is 610 g/mol. The lowest BCUT2D eigenvalue weighted by Gasteiger charge is -2.42. The number of hydrogen-bond acceptors (Lipinski definition) is 4. The van der Waals surface area contributed by atoms with Gasteiger partial charge in [-0.1, -0.05) is 84.3 Å². The maximum Gasteiger partial charge on any atom is 0.0887 e. The highest BCUT2D eigenvalue weighted by atomic mass is 14.8. The minimum atomic E-state index is 0.155. The third-order valence-corrected chi connectivity index (χ3v) is 9.15. The van der Waals surface area contributed by atoms with Crippen molar-refractivity contribution in [2.75, 3.05) is 0 Å². The van der Waals surface area contributed by atoms with Crippen LogP contribution in [0.1, 0.15) is 67.5 Å². The van der Waals surface area contributed by atoms with Gasteiger partial charge >= 0.3 is 0 Å². The number of rotatable bonds is 2. The summed E-state index contributed by atoms with van der Waals surface area (Å²) in [5, 5.41) is 0. The van der Waals surface area contributed by atoms with Crippen molar-refractivity contribution in [3.8, 4) is 46.5 Å². The molecule has 0 unspecified atom stereocenters. The van der Waals surface area contributed by atoms with Crippen LogP contribution in [0.15, 0.2) is 146 Å². The van der Waals surface area contributed by atoms with Crippen molar-refractivity contribution in [2.45, 2.75) is 11.8 Å². The first-order chi connectivity index (χ1) is 23.8. The minimum absolute atomic E-state index is 0.155. The van der Waals surface area contributed by atoms with Gasteiger partial charge in [0.1, 0.15) is 0 Å². The molecule has 3 aliphatic carbocycles. The highest BCUT2D eigenvalue weighted by Crippen LogP contribution is 2.55. The Morgan fingerprint density at radius 3 is 1.10 bits per heavy atom. The highest BCUT2D eigenvalue weighted by molar-refractivity contribution is 5.71. The van der Waals surface area contributed by atoms with Gasteiger partial charge in [-0.3, -0.25) is 19.9 Å². The quantitative estimate of drug-likeness (QED) is 0.185. The lowest BCUT2D eigenvalue weighted by atomic mass is 9.60. The zero-order valence-corrected chi connectivity index (χ0v) is 25.8. The average Bonchev–Trinajstić information content (AvgIpc) is 3.17. The van der Waals surface area contributed by atoms with Crippen LogP contribution in [0.2, 0.25) is 0 Å². The van der Waals surface area contributed by atoms with Crippen molar-refractivity contribution in [1.29, 1.82) is 0 Å². The smallest absolute Gasteiger partial charge is 0.0887 e. The molecule has 0 fully saturated rings. The van der Waals surface area contributed by atoms with Crippen molar-refractivity contribution in [3.63, 3.8) is 0 Å². The second-order valence-electron chi connectivity index (χ2n) is 11.9. The Morgan fingerprint density at radius 1 is 0.354 bits per heavy atom. The molecule has 0 atom stereocenters. The SMILES string of the molecule is C(#Cc1cc2c(cc1C#Cc1ccc(-c3ccccn3)nc1)C1c3ccccc3C2c2ccccc21)c1ccc(-c2ccccn2)nc1. The van der Waals surface area contributed by atoms with Crippen LogP contribution >= 0.6 is 0 Å². The molecule has 4 nitrogen and oxygen atoms in total. The molecule has 0 N–H and O–H groups in total. The normalized spacial score (nSPS) is 14.8. The number of nitrogens with zero attached hydrogens (tertiary/aromatic N) is 4. The van der Waals surface area contributed by atoms with E-state index in [1.165, 1.54) is 33.4 Å². The fourth-order valence-corrected chi connectivity index (χ4v) is 6.96. The van der Waals surface area contributed by atoms with E-state index in [0.29, 0.717) is 0 Å². The summed E-state index contributed by atoms with van der Waals surface area (Å²) < 4.78 is 0. The lowest BCUT2D eigenvalue weighted by molar-refractivity contribution is 0.753. The van der Waals surface area contributed by atoms with Crippen LogP contribution in [-0.2, 0) is 0 Å². The second-order valence-corrected chi connectivity index (χ2v) is 11.9. The fourth-order valence-electron chi connectivity index (χ4n) is 6.96. The molecule has 0 saturated heterocycles. The molecule has 3 aliphatic rings. The number of benzene rings is 3. The first kappa shape index (κ1) is 27.7. The van der Waals surface area contributed by atoms with Crippen LogP contribution < -0.4 is 0 Å². The van der Waals surface area contributed by atoms with Crippen LogP contribution in [0.3, 0.4) is 0 Å². The molecule has 48 heavy (non-hydrogen) atoms. The van der Waals surface area contributed by atoms with Crippen LogP contribution in [0.25, 0.3) is 22.8 Å². The average molecular weight is 611 g/mol. The largest absolute Gasteiger partial charge is 0.255 e. The lowest BCUT2D eigenvalue weighted by Crippen LogP contribution is -2.27. The zero-order valence-electron chi connectivity index (χ0n) is 25.8. The third-order valence-electron chi connectivity index (χ3n) is 9.15. The van der Waals surface area contributed by atoms with Gasteiger partial charge in [0.05, 0.1) is 22.8 Å². The van der Waals surface area contributed by atoms with E-state index in [-0.39, 0.29) is 11.8 Å². The van der Waals surface area contributed by atoms with E-state index in [1.807, 2.05) is 73.1 Å². The Bertz CT molecular complexity index is 2220. The summed E-state index contributed by atoms with van der Waals surface area (Å²) >= 11 is 0. The van der Waals surface area contributed by atoms with Gasteiger partial charge in [0.2, 0.25) is 0 Å². The molecule has 10 rings (SSSR count). The Hall–Kier alpha value is -6.62. The predicted molar refractivity (Wildman–Crippen MR) is 188 cm³/mol. The minimum Gasteiger partial charge on any atom is -0.255 e. The van der Waals surface area contributed by atoms with Crippen molar-refractivity contribution >= 4 is 0 Å². The van der Waals surface area contributed by atoms with E-state index in [4.69, 9.17) is 0 Å². The first-order valence-corrected chi connectivity index (χ1v) is 15.9. The molecule has 2 bridgehead atoms. The van der Waals surface area contributed by atoms with Gasteiger partial charge in [0, 0.05) is 58.9 Å². The molecule has 7 aromatic rings. The summed E-state index contributed by atoms with van der Waals surface area (Å²) in [6.45, 7) is 0. The topological polar surface area (TPSA) is 51.6 Å². The molecule has 0 spiro atoms. The third kappa shape index (κ3) is 4.85. The summed E-state index contributed by atoms with van der Waals surface area (Å²) in [7, 11) is 0. The van der Waals surface area contributed by atoms with Gasteiger partial charge in [0.15, 0.2) is 0 Å². The van der Waals surface area contributed by atoms with E-state index in [2.05, 4.69) is 104 Å². The Morgan fingerprint density at radius 2 is 0.750 bits per heavy atom. The summed E-state index contributed by atoms with van der Waals surface area (Å²) in [5.41, 5.74) is 14.9. The van der Waals surface area contributed by atoms with E-state index < -0.39 is 0 Å². The molecule has 3 aromatic carbocycles. The Labute approximate surface area is 279 Å². The summed E-state index contributed by atoms with van der Waals surface area (Å²) in [4.78, 5) is 18.1. The van der Waals surface area contributed by atoms with Gasteiger partial charge < -0.3 is 0 Å². The van der Waals surface area contributed by atoms with Gasteiger partial charge in [-0.2, -0.15) is 0 Å². The number of aromatic nitrogens is 4. The van der Waals surface area contributed by atoms with Crippen molar-refractivity contribution in [1.82, 2.24) is 19.9 Å². The van der Waals surface area contributed by atoms with Crippen molar-refractivity contribution in [3.05, 3.63) is 202 Å². The molecule has 0 radical (unpaired) electrons. The molecule has 0 saturated carbocycles. The standard InChI is InChI=1S/C44H26N4/c1-2-10-34-33(9-1)43-35-11-3-4-12-36(35)44(34)38-26-32(20-16-30-18-22-42(48-28-30)40-14-6-8-24-46-40)31(25-37(38)43)19-15-29-17-21-41(47-27-29)39-13-5-7-23-45-39/h1-14,17-18,21-28,43-44H. The van der Waals surface area contributed by atoms with Gasteiger partial charge in [-0.25, -0.2) is 0 Å². The maximum atomic E-state index is 4.64. The van der Waals surface area contributed by atoms with Gasteiger partial charge in [0.25, 0.3) is 0 Å². The van der Waals surface area contributed by atoms with Crippen LogP contribution in [0.4, 0.5) is 0 Å². The van der Waals surface area contributed by atoms with Gasteiger partial charge in [-0.15, -0.1) is 0 Å². The molecule has 4 aromatic heterocycles. The maximum absolute atomic E-state index is 4.64. The molecule has 4 heteroatoms. The molecule has 222 valence electrons. The molecular weight excluding hydrogens is 585 g/mol. The first-order valence-electron chi connectivity index (χ1n) is 15.9. The highest BCUT2D eigenvalue weighted by Gasteiger charge is 2.41. The Balaban J connectivity index is 1.15. The molecular formula is C44H26N4. The van der Waals surface area contributed by atoms with Crippen LogP contribution in [-0.4, -0.2) is 19.9 Å². The Kier molecular flexibility index (Phi) is 6.70. The molecule has 4 heterocycles. The van der Waals surface area contributed by atoms with Gasteiger partial charge in [-0.05, 0) is 94.0 Å². The number of pyridine rings is 4.